The molecule has 108 valence electrons. The van der Waals surface area contributed by atoms with Crippen LogP contribution in [0, 0.1) is 12.7 Å². The number of thiazole rings is 1. The van der Waals surface area contributed by atoms with Crippen LogP contribution >= 0.6 is 11.3 Å². The number of nitrogens with zero attached hydrogens (tertiary/aromatic N) is 1. The van der Waals surface area contributed by atoms with Gasteiger partial charge in [-0.3, -0.25) is 0 Å². The van der Waals surface area contributed by atoms with Crippen molar-refractivity contribution in [2.75, 3.05) is 0 Å². The van der Waals surface area contributed by atoms with Crippen LogP contribution < -0.4 is 0 Å². The molecule has 0 spiro atoms. The van der Waals surface area contributed by atoms with E-state index in [-0.39, 0.29) is 11.2 Å². The largest absolute Gasteiger partial charge is 0.388 e. The highest BCUT2D eigenvalue weighted by Crippen LogP contribution is 2.27. The third kappa shape index (κ3) is 3.44. The van der Waals surface area contributed by atoms with Gasteiger partial charge in [-0.1, -0.05) is 32.9 Å². The topological polar surface area (TPSA) is 33.1 Å². The van der Waals surface area contributed by atoms with Crippen LogP contribution in [0.25, 0.3) is 0 Å². The van der Waals surface area contributed by atoms with Crippen LogP contribution in [0.3, 0.4) is 0 Å². The van der Waals surface area contributed by atoms with E-state index >= 15 is 0 Å². The Kier molecular flexibility index (Phi) is 4.25. The van der Waals surface area contributed by atoms with Crippen molar-refractivity contribution in [1.29, 1.82) is 0 Å². The number of aromatic nitrogens is 1. The van der Waals surface area contributed by atoms with E-state index in [9.17, 15) is 9.50 Å². The van der Waals surface area contributed by atoms with Gasteiger partial charge >= 0.3 is 0 Å². The summed E-state index contributed by atoms with van der Waals surface area (Å²) in [5.74, 6) is -0.356. The molecule has 2 nitrogen and oxygen atoms in total. The zero-order valence-electron chi connectivity index (χ0n) is 12.3. The first kappa shape index (κ1) is 15.1. The molecule has 2 aromatic rings. The summed E-state index contributed by atoms with van der Waals surface area (Å²) in [4.78, 5) is 4.53. The lowest BCUT2D eigenvalue weighted by molar-refractivity contribution is 0.173. The highest BCUT2D eigenvalue weighted by molar-refractivity contribution is 7.09. The van der Waals surface area contributed by atoms with Crippen LogP contribution in [0.4, 0.5) is 4.39 Å². The summed E-state index contributed by atoms with van der Waals surface area (Å²) in [6.07, 6.45) is -0.504. The maximum absolute atomic E-state index is 13.8. The lowest BCUT2D eigenvalue weighted by Gasteiger charge is -2.14. The van der Waals surface area contributed by atoms with Gasteiger partial charge in [-0.25, -0.2) is 9.37 Å². The van der Waals surface area contributed by atoms with Gasteiger partial charge in [-0.2, -0.15) is 0 Å². The fourth-order valence-electron chi connectivity index (χ4n) is 1.93. The molecular weight excluding hydrogens is 273 g/mol. The van der Waals surface area contributed by atoms with Crippen LogP contribution in [0.2, 0.25) is 0 Å². The second kappa shape index (κ2) is 5.62. The number of halogens is 1. The van der Waals surface area contributed by atoms with E-state index in [1.165, 1.54) is 17.4 Å². The number of benzene rings is 1. The molecule has 0 saturated carbocycles. The predicted molar refractivity (Wildman–Crippen MR) is 80.6 cm³/mol. The zero-order valence-corrected chi connectivity index (χ0v) is 13.1. The first-order valence-corrected chi connectivity index (χ1v) is 7.54. The molecule has 2 rings (SSSR count). The average molecular weight is 293 g/mol. The molecule has 1 N–H and O–H groups in total. The summed E-state index contributed by atoms with van der Waals surface area (Å²) in [5, 5.41) is 13.0. The van der Waals surface area contributed by atoms with Crippen molar-refractivity contribution in [3.05, 3.63) is 51.2 Å². The van der Waals surface area contributed by atoms with Gasteiger partial charge in [0.05, 0.1) is 16.8 Å². The van der Waals surface area contributed by atoms with Gasteiger partial charge in [-0.05, 0) is 18.6 Å². The Morgan fingerprint density at radius 3 is 2.60 bits per heavy atom. The summed E-state index contributed by atoms with van der Waals surface area (Å²) < 4.78 is 13.8. The van der Waals surface area contributed by atoms with E-state index in [0.29, 0.717) is 12.0 Å². The molecule has 0 bridgehead atoms. The van der Waals surface area contributed by atoms with Gasteiger partial charge in [0.15, 0.2) is 0 Å². The van der Waals surface area contributed by atoms with Gasteiger partial charge in [0.1, 0.15) is 5.82 Å². The first-order chi connectivity index (χ1) is 9.27. The fourth-order valence-corrected chi connectivity index (χ4v) is 2.99. The molecule has 1 atom stereocenters. The van der Waals surface area contributed by atoms with Crippen LogP contribution in [0.5, 0.6) is 0 Å². The molecule has 0 aliphatic carbocycles. The molecule has 0 radical (unpaired) electrons. The average Bonchev–Trinajstić information content (AvgIpc) is 2.76. The van der Waals surface area contributed by atoms with Crippen molar-refractivity contribution in [2.24, 2.45) is 0 Å². The lowest BCUT2D eigenvalue weighted by atomic mass is 9.93. The summed E-state index contributed by atoms with van der Waals surface area (Å²) in [6.45, 7) is 8.13. The Morgan fingerprint density at radius 2 is 2.05 bits per heavy atom. The van der Waals surface area contributed by atoms with Crippen LogP contribution in [0.1, 0.15) is 48.7 Å². The van der Waals surface area contributed by atoms with E-state index in [4.69, 9.17) is 0 Å². The van der Waals surface area contributed by atoms with Crippen LogP contribution in [-0.4, -0.2) is 10.1 Å². The molecular formula is C16H20FNOS. The minimum Gasteiger partial charge on any atom is -0.388 e. The predicted octanol–water partition coefficient (Wildman–Crippen LogP) is 4.16. The van der Waals surface area contributed by atoms with Crippen molar-refractivity contribution in [2.45, 2.75) is 45.6 Å². The van der Waals surface area contributed by atoms with E-state index in [2.05, 4.69) is 25.8 Å². The summed E-state index contributed by atoms with van der Waals surface area (Å²) in [7, 11) is 0. The molecule has 0 aliphatic rings. The third-order valence-corrected chi connectivity index (χ3v) is 4.07. The van der Waals surface area contributed by atoms with Gasteiger partial charge in [-0.15, -0.1) is 11.3 Å². The second-order valence-electron chi connectivity index (χ2n) is 6.12. The molecule has 0 fully saturated rings. The maximum Gasteiger partial charge on any atom is 0.129 e. The molecule has 0 saturated heterocycles. The monoisotopic (exact) mass is 293 g/mol. The minimum atomic E-state index is -0.852. The van der Waals surface area contributed by atoms with E-state index in [1.54, 1.807) is 6.07 Å². The van der Waals surface area contributed by atoms with E-state index < -0.39 is 6.10 Å². The minimum absolute atomic E-state index is 0.00515. The Hall–Kier alpha value is -1.26. The Bertz CT molecular complexity index is 601. The third-order valence-electron chi connectivity index (χ3n) is 3.20. The number of rotatable bonds is 3. The number of aliphatic hydroxyl groups excluding tert-OH is 1. The molecule has 1 heterocycles. The highest BCUT2D eigenvalue weighted by Gasteiger charge is 2.20. The molecule has 4 heteroatoms. The molecule has 1 unspecified atom stereocenters. The zero-order chi connectivity index (χ0) is 14.9. The summed E-state index contributed by atoms with van der Waals surface area (Å²) >= 11 is 1.51. The molecule has 1 aromatic heterocycles. The van der Waals surface area contributed by atoms with Crippen molar-refractivity contribution in [1.82, 2.24) is 4.98 Å². The van der Waals surface area contributed by atoms with Gasteiger partial charge in [0, 0.05) is 22.8 Å². The normalized spacial score (nSPS) is 13.5. The Labute approximate surface area is 123 Å². The van der Waals surface area contributed by atoms with Crippen molar-refractivity contribution >= 4 is 11.3 Å². The lowest BCUT2D eigenvalue weighted by Crippen LogP contribution is -2.12. The van der Waals surface area contributed by atoms with Crippen molar-refractivity contribution < 1.29 is 9.50 Å². The van der Waals surface area contributed by atoms with E-state index in [1.807, 2.05) is 18.4 Å². The molecule has 0 aliphatic heterocycles. The summed E-state index contributed by atoms with van der Waals surface area (Å²) in [5.41, 5.74) is 2.19. The fraction of sp³-hybridized carbons (Fsp3) is 0.438. The maximum atomic E-state index is 13.8. The quantitative estimate of drug-likeness (QED) is 0.921. The standard InChI is InChI=1S/C16H20FNOS/c1-10-5-6-11(12(17)7-10)13(19)8-15-18-14(9-20-15)16(2,3)4/h5-7,9,13,19H,8H2,1-4H3. The number of hydrogen-bond donors (Lipinski definition) is 1. The van der Waals surface area contributed by atoms with Gasteiger partial charge in [0.2, 0.25) is 0 Å². The van der Waals surface area contributed by atoms with Gasteiger partial charge < -0.3 is 5.11 Å². The highest BCUT2D eigenvalue weighted by atomic mass is 32.1. The molecule has 20 heavy (non-hydrogen) atoms. The van der Waals surface area contributed by atoms with Crippen LogP contribution in [-0.2, 0) is 11.8 Å². The Morgan fingerprint density at radius 1 is 1.35 bits per heavy atom. The number of aryl methyl sites for hydroxylation is 1. The number of aliphatic hydroxyl groups is 1. The molecule has 0 amide bonds. The van der Waals surface area contributed by atoms with Crippen molar-refractivity contribution in [3.8, 4) is 0 Å². The SMILES string of the molecule is Cc1ccc(C(O)Cc2nc(C(C)(C)C)cs2)c(F)c1. The summed E-state index contributed by atoms with van der Waals surface area (Å²) in [6, 6.07) is 4.90. The second-order valence-corrected chi connectivity index (χ2v) is 7.06. The van der Waals surface area contributed by atoms with E-state index in [0.717, 1.165) is 16.3 Å². The smallest absolute Gasteiger partial charge is 0.129 e. The van der Waals surface area contributed by atoms with Gasteiger partial charge in [0.25, 0.3) is 0 Å². The van der Waals surface area contributed by atoms with Crippen LogP contribution in [0.15, 0.2) is 23.6 Å². The first-order valence-electron chi connectivity index (χ1n) is 6.66. The van der Waals surface area contributed by atoms with Crippen molar-refractivity contribution in [3.63, 3.8) is 0 Å². The Balaban J connectivity index is 2.15. The number of hydrogen-bond acceptors (Lipinski definition) is 3. The molecule has 1 aromatic carbocycles.